The third kappa shape index (κ3) is 10.9. The van der Waals surface area contributed by atoms with Crippen LogP contribution in [-0.2, 0) is 0 Å². The zero-order valence-corrected chi connectivity index (χ0v) is 17.7. The van der Waals surface area contributed by atoms with Crippen LogP contribution in [0.3, 0.4) is 0 Å². The molecule has 0 saturated carbocycles. The number of nitrogens with zero attached hydrogens (tertiary/aromatic N) is 2. The number of halogens is 1. The van der Waals surface area contributed by atoms with E-state index in [1.54, 1.807) is 0 Å². The molecule has 1 aliphatic heterocycles. The van der Waals surface area contributed by atoms with E-state index in [0.717, 1.165) is 19.0 Å². The maximum Gasteiger partial charge on any atom is 0.190 e. The Morgan fingerprint density at radius 2 is 1.91 bits per heavy atom. The molecule has 0 aliphatic carbocycles. The lowest BCUT2D eigenvalue weighted by molar-refractivity contribution is 0.201. The van der Waals surface area contributed by atoms with Crippen molar-refractivity contribution in [3.63, 3.8) is 0 Å². The minimum Gasteiger partial charge on any atom is -0.356 e. The van der Waals surface area contributed by atoms with Crippen molar-refractivity contribution >= 4 is 41.7 Å². The molecule has 0 amide bonds. The van der Waals surface area contributed by atoms with Gasteiger partial charge in [-0.1, -0.05) is 13.3 Å². The van der Waals surface area contributed by atoms with Gasteiger partial charge in [-0.15, -0.1) is 24.0 Å². The summed E-state index contributed by atoms with van der Waals surface area (Å²) in [6.45, 7) is 8.12. The van der Waals surface area contributed by atoms with Crippen molar-refractivity contribution in [2.45, 2.75) is 39.0 Å². The fourth-order valence-corrected chi connectivity index (χ4v) is 3.21. The third-order valence-corrected chi connectivity index (χ3v) is 4.62. The Kier molecular flexibility index (Phi) is 15.1. The summed E-state index contributed by atoms with van der Waals surface area (Å²) in [6, 6.07) is 0. The molecule has 2 N–H and O–H groups in total. The van der Waals surface area contributed by atoms with E-state index in [1.807, 2.05) is 18.8 Å². The molecule has 0 aromatic rings. The van der Waals surface area contributed by atoms with E-state index in [0.29, 0.717) is 5.92 Å². The fourth-order valence-electron chi connectivity index (χ4n) is 2.72. The van der Waals surface area contributed by atoms with Crippen LogP contribution >= 0.6 is 35.7 Å². The Bertz CT molecular complexity index is 283. The molecule has 22 heavy (non-hydrogen) atoms. The van der Waals surface area contributed by atoms with Crippen molar-refractivity contribution in [1.82, 2.24) is 15.5 Å². The first-order valence-corrected chi connectivity index (χ1v) is 9.81. The lowest BCUT2D eigenvalue weighted by atomic mass is 10.1. The van der Waals surface area contributed by atoms with E-state index in [9.17, 15) is 0 Å². The van der Waals surface area contributed by atoms with E-state index in [-0.39, 0.29) is 24.0 Å². The van der Waals surface area contributed by atoms with Crippen molar-refractivity contribution in [2.75, 3.05) is 51.8 Å². The van der Waals surface area contributed by atoms with Gasteiger partial charge in [0.25, 0.3) is 0 Å². The van der Waals surface area contributed by atoms with E-state index in [2.05, 4.69) is 33.7 Å². The van der Waals surface area contributed by atoms with E-state index in [4.69, 9.17) is 0 Å². The van der Waals surface area contributed by atoms with Gasteiger partial charge < -0.3 is 15.5 Å². The number of hydrogen-bond donors (Lipinski definition) is 2. The second-order valence-electron chi connectivity index (χ2n) is 6.05. The van der Waals surface area contributed by atoms with Gasteiger partial charge in [0.1, 0.15) is 0 Å². The second kappa shape index (κ2) is 14.9. The van der Waals surface area contributed by atoms with Crippen LogP contribution in [0.15, 0.2) is 4.99 Å². The molecule has 1 atom stereocenters. The topological polar surface area (TPSA) is 39.7 Å². The molecule has 1 aliphatic rings. The lowest BCUT2D eigenvalue weighted by Crippen LogP contribution is -2.42. The summed E-state index contributed by atoms with van der Waals surface area (Å²) in [4.78, 5) is 6.91. The Labute approximate surface area is 158 Å². The number of nitrogens with one attached hydrogen (secondary N) is 2. The number of aliphatic imine (C=N–C) groups is 1. The maximum absolute atomic E-state index is 4.30. The van der Waals surface area contributed by atoms with Crippen LogP contribution in [0, 0.1) is 5.92 Å². The molecule has 6 heteroatoms. The second-order valence-corrected chi connectivity index (χ2v) is 7.03. The highest BCUT2D eigenvalue weighted by molar-refractivity contribution is 14.0. The molecule has 0 spiro atoms. The predicted octanol–water partition coefficient (Wildman–Crippen LogP) is 3.03. The summed E-state index contributed by atoms with van der Waals surface area (Å²) < 4.78 is 0. The molecule has 0 aromatic carbocycles. The van der Waals surface area contributed by atoms with Crippen LogP contribution in [0.2, 0.25) is 0 Å². The summed E-state index contributed by atoms with van der Waals surface area (Å²) in [5, 5.41) is 6.86. The quantitative estimate of drug-likeness (QED) is 0.249. The number of unbranched alkanes of at least 4 members (excludes halogenated alkanes) is 1. The monoisotopic (exact) mass is 442 g/mol. The highest BCUT2D eigenvalue weighted by atomic mass is 127. The van der Waals surface area contributed by atoms with Crippen LogP contribution in [0.4, 0.5) is 0 Å². The standard InChI is InChI=1S/C16H34N4S.HI/c1-15(14-20-10-6-4-7-11-20)13-19-16(17-2)18-9-5-8-12-21-3;/h15H,4-14H2,1-3H3,(H2,17,18,19);1H. The summed E-state index contributed by atoms with van der Waals surface area (Å²) in [5.41, 5.74) is 0. The molecule has 0 aromatic heterocycles. The average molecular weight is 442 g/mol. The highest BCUT2D eigenvalue weighted by Crippen LogP contribution is 2.10. The first-order valence-electron chi connectivity index (χ1n) is 8.42. The normalized spacial score (nSPS) is 17.7. The van der Waals surface area contributed by atoms with Gasteiger partial charge in [-0.05, 0) is 56.7 Å². The molecule has 1 rings (SSSR count). The van der Waals surface area contributed by atoms with Gasteiger partial charge in [0.2, 0.25) is 0 Å². The molecule has 1 heterocycles. The number of thioether (sulfide) groups is 1. The average Bonchev–Trinajstić information content (AvgIpc) is 2.51. The van der Waals surface area contributed by atoms with Crippen LogP contribution < -0.4 is 10.6 Å². The van der Waals surface area contributed by atoms with Crippen molar-refractivity contribution in [3.05, 3.63) is 0 Å². The van der Waals surface area contributed by atoms with Gasteiger partial charge in [0.05, 0.1) is 0 Å². The van der Waals surface area contributed by atoms with Crippen molar-refractivity contribution in [1.29, 1.82) is 0 Å². The fraction of sp³-hybridized carbons (Fsp3) is 0.938. The number of rotatable bonds is 9. The molecule has 4 nitrogen and oxygen atoms in total. The largest absolute Gasteiger partial charge is 0.356 e. The molecule has 132 valence electrons. The zero-order chi connectivity index (χ0) is 15.3. The van der Waals surface area contributed by atoms with Crippen LogP contribution in [0.5, 0.6) is 0 Å². The maximum atomic E-state index is 4.30. The van der Waals surface area contributed by atoms with Gasteiger partial charge >= 0.3 is 0 Å². The van der Waals surface area contributed by atoms with Gasteiger partial charge in [-0.3, -0.25) is 4.99 Å². The molecular weight excluding hydrogens is 407 g/mol. The van der Waals surface area contributed by atoms with Gasteiger partial charge in [0.15, 0.2) is 5.96 Å². The first kappa shape index (κ1) is 22.3. The SMILES string of the molecule is CN=C(NCCCCSC)NCC(C)CN1CCCCC1.I. The van der Waals surface area contributed by atoms with Crippen molar-refractivity contribution in [3.8, 4) is 0 Å². The minimum absolute atomic E-state index is 0. The molecule has 1 fully saturated rings. The summed E-state index contributed by atoms with van der Waals surface area (Å²) in [5.74, 6) is 2.86. The van der Waals surface area contributed by atoms with Crippen LogP contribution in [-0.4, -0.2) is 62.6 Å². The molecule has 0 bridgehead atoms. The zero-order valence-electron chi connectivity index (χ0n) is 14.6. The van der Waals surface area contributed by atoms with Crippen LogP contribution in [0.25, 0.3) is 0 Å². The molecule has 0 radical (unpaired) electrons. The van der Waals surface area contributed by atoms with E-state index < -0.39 is 0 Å². The minimum atomic E-state index is 0. The van der Waals surface area contributed by atoms with Gasteiger partial charge in [-0.2, -0.15) is 11.8 Å². The number of hydrogen-bond acceptors (Lipinski definition) is 3. The molecule has 1 saturated heterocycles. The number of piperidine rings is 1. The third-order valence-electron chi connectivity index (χ3n) is 3.93. The van der Waals surface area contributed by atoms with Crippen molar-refractivity contribution < 1.29 is 0 Å². The predicted molar refractivity (Wildman–Crippen MR) is 112 cm³/mol. The lowest BCUT2D eigenvalue weighted by Gasteiger charge is -2.29. The van der Waals surface area contributed by atoms with E-state index in [1.165, 1.54) is 57.5 Å². The van der Waals surface area contributed by atoms with E-state index >= 15 is 0 Å². The summed E-state index contributed by atoms with van der Waals surface area (Å²) in [7, 11) is 1.85. The Morgan fingerprint density at radius 1 is 1.18 bits per heavy atom. The summed E-state index contributed by atoms with van der Waals surface area (Å²) in [6.07, 6.45) is 8.81. The highest BCUT2D eigenvalue weighted by Gasteiger charge is 2.13. The summed E-state index contributed by atoms with van der Waals surface area (Å²) >= 11 is 1.92. The Hall–Kier alpha value is 0.310. The van der Waals surface area contributed by atoms with Crippen LogP contribution in [0.1, 0.15) is 39.0 Å². The number of guanidine groups is 1. The van der Waals surface area contributed by atoms with Gasteiger partial charge in [-0.25, -0.2) is 0 Å². The Balaban J connectivity index is 0.00000441. The number of likely N-dealkylation sites (tertiary alicyclic amines) is 1. The first-order chi connectivity index (χ1) is 10.3. The van der Waals surface area contributed by atoms with Crippen molar-refractivity contribution in [2.24, 2.45) is 10.9 Å². The molecule has 1 unspecified atom stereocenters. The smallest absolute Gasteiger partial charge is 0.190 e. The Morgan fingerprint density at radius 3 is 2.55 bits per heavy atom. The van der Waals surface area contributed by atoms with Gasteiger partial charge in [0, 0.05) is 26.7 Å². The molecular formula is C16H35IN4S.